The summed E-state index contributed by atoms with van der Waals surface area (Å²) in [7, 11) is 0. The second-order valence-corrected chi connectivity index (χ2v) is 7.57. The first kappa shape index (κ1) is 19.4. The van der Waals surface area contributed by atoms with E-state index >= 15 is 0 Å². The Morgan fingerprint density at radius 3 is 2.40 bits per heavy atom. The molecule has 4 nitrogen and oxygen atoms in total. The van der Waals surface area contributed by atoms with Crippen LogP contribution in [0, 0.1) is 5.92 Å². The molecule has 0 spiro atoms. The molecule has 1 aromatic rings. The van der Waals surface area contributed by atoms with Gasteiger partial charge >= 0.3 is 6.09 Å². The number of amides is 1. The first-order chi connectivity index (χ1) is 11.9. The number of ether oxygens (including phenoxy) is 2. The van der Waals surface area contributed by atoms with E-state index < -0.39 is 5.60 Å². The summed E-state index contributed by atoms with van der Waals surface area (Å²) in [5.74, 6) is 1.54. The number of rotatable bonds is 5. The molecule has 1 heterocycles. The highest BCUT2D eigenvalue weighted by atomic mass is 16.6. The summed E-state index contributed by atoms with van der Waals surface area (Å²) in [6.45, 7) is 9.97. The lowest BCUT2D eigenvalue weighted by Crippen LogP contribution is -2.41. The van der Waals surface area contributed by atoms with Crippen LogP contribution in [0.25, 0.3) is 5.76 Å². The van der Waals surface area contributed by atoms with E-state index in [1.165, 1.54) is 0 Å². The molecule has 0 atom stereocenters. The Kier molecular flexibility index (Phi) is 6.91. The highest BCUT2D eigenvalue weighted by molar-refractivity contribution is 5.68. The van der Waals surface area contributed by atoms with Crippen molar-refractivity contribution in [1.29, 1.82) is 0 Å². The quantitative estimate of drug-likeness (QED) is 0.697. The minimum absolute atomic E-state index is 0.192. The van der Waals surface area contributed by atoms with Crippen LogP contribution in [0.5, 0.6) is 0 Å². The van der Waals surface area contributed by atoms with Crippen LogP contribution >= 0.6 is 0 Å². The smallest absolute Gasteiger partial charge is 0.410 e. The predicted molar refractivity (Wildman–Crippen MR) is 101 cm³/mol. The molecular weight excluding hydrogens is 314 g/mol. The van der Waals surface area contributed by atoms with Gasteiger partial charge in [0.1, 0.15) is 11.4 Å². The van der Waals surface area contributed by atoms with Gasteiger partial charge in [-0.15, -0.1) is 0 Å². The number of hydrogen-bond donors (Lipinski definition) is 0. The van der Waals surface area contributed by atoms with E-state index in [4.69, 9.17) is 9.47 Å². The second kappa shape index (κ2) is 8.93. The average Bonchev–Trinajstić information content (AvgIpc) is 2.58. The van der Waals surface area contributed by atoms with Crippen molar-refractivity contribution >= 4 is 11.9 Å². The summed E-state index contributed by atoms with van der Waals surface area (Å²) >= 11 is 0. The number of benzene rings is 1. The van der Waals surface area contributed by atoms with Crippen molar-refractivity contribution in [3.63, 3.8) is 0 Å². The van der Waals surface area contributed by atoms with Crippen molar-refractivity contribution in [2.75, 3.05) is 19.7 Å². The van der Waals surface area contributed by atoms with Crippen LogP contribution in [0.15, 0.2) is 36.4 Å². The summed E-state index contributed by atoms with van der Waals surface area (Å²) < 4.78 is 11.4. The molecule has 2 rings (SSSR count). The third-order valence-corrected chi connectivity index (χ3v) is 4.37. The molecule has 0 radical (unpaired) electrons. The zero-order chi connectivity index (χ0) is 18.3. The van der Waals surface area contributed by atoms with Crippen LogP contribution in [0.4, 0.5) is 4.79 Å². The van der Waals surface area contributed by atoms with Gasteiger partial charge in [0.15, 0.2) is 0 Å². The van der Waals surface area contributed by atoms with Crippen LogP contribution in [0.2, 0.25) is 0 Å². The van der Waals surface area contributed by atoms with E-state index in [9.17, 15) is 4.79 Å². The zero-order valence-electron chi connectivity index (χ0n) is 16.0. The van der Waals surface area contributed by atoms with E-state index in [0.717, 1.165) is 43.7 Å². The van der Waals surface area contributed by atoms with Gasteiger partial charge in [-0.2, -0.15) is 0 Å². The minimum Gasteiger partial charge on any atom is -0.493 e. The molecule has 0 unspecified atom stereocenters. The molecule has 0 N–H and O–H groups in total. The normalized spacial score (nSPS) is 16.6. The lowest BCUT2D eigenvalue weighted by molar-refractivity contribution is 0.0176. The van der Waals surface area contributed by atoms with Crippen molar-refractivity contribution in [2.45, 2.75) is 52.6 Å². The molecular formula is C21H31NO3. The van der Waals surface area contributed by atoms with Crippen LogP contribution in [0.3, 0.4) is 0 Å². The SMILES string of the molecule is CC=C(OCCC1CCN(C(=O)OC(C)(C)C)CC1)c1ccccc1. The molecule has 1 aromatic carbocycles. The van der Waals surface area contributed by atoms with Crippen LogP contribution < -0.4 is 0 Å². The maximum absolute atomic E-state index is 12.1. The van der Waals surface area contributed by atoms with E-state index in [1.54, 1.807) is 0 Å². The summed E-state index contributed by atoms with van der Waals surface area (Å²) in [6.07, 6.45) is 4.87. The number of carbonyl (C=O) groups is 1. The highest BCUT2D eigenvalue weighted by Crippen LogP contribution is 2.23. The number of carbonyl (C=O) groups excluding carboxylic acids is 1. The Hall–Kier alpha value is -1.97. The van der Waals surface area contributed by atoms with Gasteiger partial charge in [0, 0.05) is 18.7 Å². The molecule has 1 fully saturated rings. The molecule has 138 valence electrons. The standard InChI is InChI=1S/C21H31NO3/c1-5-19(18-9-7-6-8-10-18)24-16-13-17-11-14-22(15-12-17)20(23)25-21(2,3)4/h5-10,17H,11-16H2,1-4H3. The lowest BCUT2D eigenvalue weighted by atomic mass is 9.94. The average molecular weight is 345 g/mol. The molecule has 4 heteroatoms. The molecule has 1 saturated heterocycles. The summed E-state index contributed by atoms with van der Waals surface area (Å²) in [4.78, 5) is 13.9. The van der Waals surface area contributed by atoms with Crippen molar-refractivity contribution in [1.82, 2.24) is 4.90 Å². The summed E-state index contributed by atoms with van der Waals surface area (Å²) in [5.41, 5.74) is 0.687. The van der Waals surface area contributed by atoms with E-state index in [2.05, 4.69) is 12.1 Å². The van der Waals surface area contributed by atoms with Gasteiger partial charge in [-0.1, -0.05) is 30.3 Å². The molecule has 25 heavy (non-hydrogen) atoms. The Morgan fingerprint density at radius 2 is 1.84 bits per heavy atom. The third-order valence-electron chi connectivity index (χ3n) is 4.37. The molecule has 0 aliphatic carbocycles. The predicted octanol–water partition coefficient (Wildman–Crippen LogP) is 5.10. The Morgan fingerprint density at radius 1 is 1.20 bits per heavy atom. The van der Waals surface area contributed by atoms with Crippen molar-refractivity contribution in [2.24, 2.45) is 5.92 Å². The van der Waals surface area contributed by atoms with Gasteiger partial charge in [0.25, 0.3) is 0 Å². The van der Waals surface area contributed by atoms with E-state index in [1.807, 2.05) is 56.9 Å². The number of allylic oxidation sites excluding steroid dienone is 1. The first-order valence-corrected chi connectivity index (χ1v) is 9.21. The van der Waals surface area contributed by atoms with Crippen LogP contribution in [-0.2, 0) is 9.47 Å². The maximum Gasteiger partial charge on any atom is 0.410 e. The molecule has 0 saturated carbocycles. The van der Waals surface area contributed by atoms with Gasteiger partial charge in [-0.3, -0.25) is 0 Å². The fourth-order valence-corrected chi connectivity index (χ4v) is 3.00. The number of likely N-dealkylation sites (tertiary alicyclic amines) is 1. The van der Waals surface area contributed by atoms with E-state index in [0.29, 0.717) is 12.5 Å². The zero-order valence-corrected chi connectivity index (χ0v) is 16.0. The highest BCUT2D eigenvalue weighted by Gasteiger charge is 2.26. The van der Waals surface area contributed by atoms with Crippen molar-refractivity contribution in [3.05, 3.63) is 42.0 Å². The van der Waals surface area contributed by atoms with Crippen LogP contribution in [0.1, 0.15) is 52.5 Å². The molecule has 0 aromatic heterocycles. The number of hydrogen-bond acceptors (Lipinski definition) is 3. The van der Waals surface area contributed by atoms with Gasteiger partial charge < -0.3 is 14.4 Å². The first-order valence-electron chi connectivity index (χ1n) is 9.21. The van der Waals surface area contributed by atoms with Crippen molar-refractivity contribution < 1.29 is 14.3 Å². The minimum atomic E-state index is -0.428. The summed E-state index contributed by atoms with van der Waals surface area (Å²) in [5, 5.41) is 0. The Labute approximate surface area is 151 Å². The van der Waals surface area contributed by atoms with E-state index in [-0.39, 0.29) is 6.09 Å². The van der Waals surface area contributed by atoms with Crippen molar-refractivity contribution in [3.8, 4) is 0 Å². The third kappa shape index (κ3) is 6.45. The van der Waals surface area contributed by atoms with Gasteiger partial charge in [0.2, 0.25) is 0 Å². The summed E-state index contributed by atoms with van der Waals surface area (Å²) in [6, 6.07) is 10.2. The fraction of sp³-hybridized carbons (Fsp3) is 0.571. The topological polar surface area (TPSA) is 38.8 Å². The maximum atomic E-state index is 12.1. The van der Waals surface area contributed by atoms with Gasteiger partial charge in [-0.05, 0) is 59.0 Å². The number of nitrogens with zero attached hydrogens (tertiary/aromatic N) is 1. The Bertz CT molecular complexity index is 567. The number of piperidine rings is 1. The fourth-order valence-electron chi connectivity index (χ4n) is 3.00. The van der Waals surface area contributed by atoms with Gasteiger partial charge in [-0.25, -0.2) is 4.79 Å². The largest absolute Gasteiger partial charge is 0.493 e. The van der Waals surface area contributed by atoms with Crippen LogP contribution in [-0.4, -0.2) is 36.3 Å². The molecule has 1 aliphatic rings. The Balaban J connectivity index is 1.71. The van der Waals surface area contributed by atoms with Gasteiger partial charge in [0.05, 0.1) is 6.61 Å². The molecule has 1 aliphatic heterocycles. The lowest BCUT2D eigenvalue weighted by Gasteiger charge is -2.33. The second-order valence-electron chi connectivity index (χ2n) is 7.57. The molecule has 1 amide bonds. The molecule has 0 bridgehead atoms. The monoisotopic (exact) mass is 345 g/mol.